The molecule has 106 valence electrons. The number of hydrogen-bond donors (Lipinski definition) is 1. The van der Waals surface area contributed by atoms with E-state index in [1.807, 2.05) is 38.2 Å². The van der Waals surface area contributed by atoms with Gasteiger partial charge in [0.15, 0.2) is 0 Å². The van der Waals surface area contributed by atoms with Gasteiger partial charge in [0.2, 0.25) is 0 Å². The molecule has 0 bridgehead atoms. The van der Waals surface area contributed by atoms with Crippen LogP contribution in [0.4, 0.5) is 0 Å². The molecule has 0 spiro atoms. The fourth-order valence-electron chi connectivity index (χ4n) is 1.96. The predicted octanol–water partition coefficient (Wildman–Crippen LogP) is 2.17. The summed E-state index contributed by atoms with van der Waals surface area (Å²) in [6.07, 6.45) is 4.16. The number of nitrogens with one attached hydrogen (secondary N) is 1. The Morgan fingerprint density at radius 2 is 2.15 bits per heavy atom. The lowest BCUT2D eigenvalue weighted by Gasteiger charge is -2.10. The van der Waals surface area contributed by atoms with Gasteiger partial charge in [0.1, 0.15) is 5.75 Å². The van der Waals surface area contributed by atoms with Crippen LogP contribution in [0.2, 0.25) is 0 Å². The Labute approximate surface area is 118 Å². The fraction of sp³-hybridized carbons (Fsp3) is 0.333. The summed E-state index contributed by atoms with van der Waals surface area (Å²) in [6, 6.07) is 7.61. The van der Waals surface area contributed by atoms with Crippen molar-refractivity contribution in [1.29, 1.82) is 0 Å². The number of aryl methyl sites for hydroxylation is 1. The highest BCUT2D eigenvalue weighted by molar-refractivity contribution is 5.35. The monoisotopic (exact) mass is 273 g/mol. The SMILES string of the molecule is CCCn1ccnc(Oc2ccccc2CNC)c1=O. The van der Waals surface area contributed by atoms with E-state index in [9.17, 15) is 4.79 Å². The maximum atomic E-state index is 12.2. The van der Waals surface area contributed by atoms with E-state index in [1.165, 1.54) is 0 Å². The van der Waals surface area contributed by atoms with Crippen molar-refractivity contribution in [2.24, 2.45) is 0 Å². The van der Waals surface area contributed by atoms with Crippen molar-refractivity contribution in [3.63, 3.8) is 0 Å². The Morgan fingerprint density at radius 1 is 1.35 bits per heavy atom. The first-order valence-electron chi connectivity index (χ1n) is 6.72. The second-order valence-corrected chi connectivity index (χ2v) is 4.47. The molecule has 2 aromatic rings. The molecule has 0 unspecified atom stereocenters. The highest BCUT2D eigenvalue weighted by atomic mass is 16.5. The van der Waals surface area contributed by atoms with E-state index in [2.05, 4.69) is 10.3 Å². The number of nitrogens with zero attached hydrogens (tertiary/aromatic N) is 2. The maximum absolute atomic E-state index is 12.2. The molecule has 0 aliphatic carbocycles. The van der Waals surface area contributed by atoms with E-state index >= 15 is 0 Å². The average Bonchev–Trinajstić information content (AvgIpc) is 2.46. The van der Waals surface area contributed by atoms with E-state index in [-0.39, 0.29) is 11.4 Å². The van der Waals surface area contributed by atoms with Gasteiger partial charge in [0, 0.05) is 31.0 Å². The van der Waals surface area contributed by atoms with E-state index < -0.39 is 0 Å². The molecule has 1 aromatic heterocycles. The van der Waals surface area contributed by atoms with E-state index in [0.717, 1.165) is 12.0 Å². The molecule has 0 amide bonds. The zero-order valence-electron chi connectivity index (χ0n) is 11.8. The number of aromatic nitrogens is 2. The molecule has 5 nitrogen and oxygen atoms in total. The molecule has 0 aliphatic heterocycles. The molecule has 20 heavy (non-hydrogen) atoms. The zero-order valence-corrected chi connectivity index (χ0v) is 11.8. The number of benzene rings is 1. The van der Waals surface area contributed by atoms with Gasteiger partial charge >= 0.3 is 5.56 Å². The molecule has 5 heteroatoms. The summed E-state index contributed by atoms with van der Waals surface area (Å²) >= 11 is 0. The van der Waals surface area contributed by atoms with Crippen LogP contribution in [0.5, 0.6) is 11.6 Å². The first-order chi connectivity index (χ1) is 9.76. The second kappa shape index (κ2) is 6.86. The van der Waals surface area contributed by atoms with Crippen molar-refractivity contribution in [3.05, 3.63) is 52.6 Å². The van der Waals surface area contributed by atoms with E-state index in [4.69, 9.17) is 4.74 Å². The Balaban J connectivity index is 2.31. The third kappa shape index (κ3) is 3.24. The molecule has 1 heterocycles. The summed E-state index contributed by atoms with van der Waals surface area (Å²) in [6.45, 7) is 3.36. The lowest BCUT2D eigenvalue weighted by Crippen LogP contribution is -2.21. The highest BCUT2D eigenvalue weighted by Gasteiger charge is 2.09. The first-order valence-corrected chi connectivity index (χ1v) is 6.72. The summed E-state index contributed by atoms with van der Waals surface area (Å²) in [5.74, 6) is 0.769. The van der Waals surface area contributed by atoms with Crippen LogP contribution in [0.3, 0.4) is 0 Å². The van der Waals surface area contributed by atoms with Crippen LogP contribution in [0, 0.1) is 0 Å². The lowest BCUT2D eigenvalue weighted by molar-refractivity contribution is 0.437. The van der Waals surface area contributed by atoms with Gasteiger partial charge in [-0.1, -0.05) is 25.1 Å². The summed E-state index contributed by atoms with van der Waals surface area (Å²) in [7, 11) is 1.87. The predicted molar refractivity (Wildman–Crippen MR) is 78.1 cm³/mol. The quantitative estimate of drug-likeness (QED) is 0.876. The molecule has 2 rings (SSSR count). The summed E-state index contributed by atoms with van der Waals surface area (Å²) in [4.78, 5) is 16.2. The number of para-hydroxylation sites is 1. The maximum Gasteiger partial charge on any atom is 0.313 e. The van der Waals surface area contributed by atoms with Crippen LogP contribution >= 0.6 is 0 Å². The molecule has 0 radical (unpaired) electrons. The normalized spacial score (nSPS) is 10.5. The van der Waals surface area contributed by atoms with E-state index in [1.54, 1.807) is 17.0 Å². The Bertz CT molecular complexity index is 623. The molecule has 0 atom stereocenters. The second-order valence-electron chi connectivity index (χ2n) is 4.47. The standard InChI is InChI=1S/C15H19N3O2/c1-3-9-18-10-8-17-14(15(18)19)20-13-7-5-4-6-12(13)11-16-2/h4-8,10,16H,3,9,11H2,1-2H3. The largest absolute Gasteiger partial charge is 0.434 e. The van der Waals surface area contributed by atoms with Gasteiger partial charge in [0.05, 0.1) is 0 Å². The molecule has 0 fully saturated rings. The summed E-state index contributed by atoms with van der Waals surface area (Å²) in [5.41, 5.74) is 0.788. The van der Waals surface area contributed by atoms with Crippen molar-refractivity contribution in [2.75, 3.05) is 7.05 Å². The molecule has 1 N–H and O–H groups in total. The number of rotatable bonds is 6. The Morgan fingerprint density at radius 3 is 2.90 bits per heavy atom. The number of ether oxygens (including phenoxy) is 1. The van der Waals surface area contributed by atoms with Gasteiger partial charge in [-0.15, -0.1) is 0 Å². The van der Waals surface area contributed by atoms with Gasteiger partial charge in [-0.05, 0) is 19.5 Å². The van der Waals surface area contributed by atoms with Crippen LogP contribution in [-0.2, 0) is 13.1 Å². The van der Waals surface area contributed by atoms with Crippen LogP contribution in [0.25, 0.3) is 0 Å². The van der Waals surface area contributed by atoms with Gasteiger partial charge in [-0.3, -0.25) is 4.79 Å². The summed E-state index contributed by atoms with van der Waals surface area (Å²) < 4.78 is 7.31. The minimum absolute atomic E-state index is 0.115. The van der Waals surface area contributed by atoms with Crippen molar-refractivity contribution >= 4 is 0 Å². The number of hydrogen-bond acceptors (Lipinski definition) is 4. The molecule has 0 aliphatic rings. The zero-order chi connectivity index (χ0) is 14.4. The van der Waals surface area contributed by atoms with Gasteiger partial charge in [0.25, 0.3) is 5.88 Å². The molecule has 1 aromatic carbocycles. The molecular formula is C15H19N3O2. The van der Waals surface area contributed by atoms with Crippen LogP contribution in [0.1, 0.15) is 18.9 Å². The van der Waals surface area contributed by atoms with Crippen LogP contribution < -0.4 is 15.6 Å². The topological polar surface area (TPSA) is 56.1 Å². The van der Waals surface area contributed by atoms with Crippen molar-refractivity contribution in [1.82, 2.24) is 14.9 Å². The van der Waals surface area contributed by atoms with Crippen molar-refractivity contribution in [3.8, 4) is 11.6 Å². The third-order valence-corrected chi connectivity index (χ3v) is 2.89. The van der Waals surface area contributed by atoms with Gasteiger partial charge < -0.3 is 14.6 Å². The Hall–Kier alpha value is -2.14. The van der Waals surface area contributed by atoms with Crippen molar-refractivity contribution in [2.45, 2.75) is 26.4 Å². The molecular weight excluding hydrogens is 254 g/mol. The fourth-order valence-corrected chi connectivity index (χ4v) is 1.96. The Kier molecular flexibility index (Phi) is 4.90. The smallest absolute Gasteiger partial charge is 0.313 e. The van der Waals surface area contributed by atoms with Crippen LogP contribution in [-0.4, -0.2) is 16.6 Å². The van der Waals surface area contributed by atoms with Gasteiger partial charge in [-0.2, -0.15) is 0 Å². The molecule has 0 saturated carbocycles. The van der Waals surface area contributed by atoms with Gasteiger partial charge in [-0.25, -0.2) is 4.98 Å². The highest BCUT2D eigenvalue weighted by Crippen LogP contribution is 2.21. The first kappa shape index (κ1) is 14.3. The van der Waals surface area contributed by atoms with Crippen LogP contribution in [0.15, 0.2) is 41.5 Å². The van der Waals surface area contributed by atoms with E-state index in [0.29, 0.717) is 18.8 Å². The minimum atomic E-state index is -0.200. The minimum Gasteiger partial charge on any atom is -0.434 e. The lowest BCUT2D eigenvalue weighted by atomic mass is 10.2. The molecule has 0 saturated heterocycles. The van der Waals surface area contributed by atoms with Crippen molar-refractivity contribution < 1.29 is 4.74 Å². The average molecular weight is 273 g/mol. The third-order valence-electron chi connectivity index (χ3n) is 2.89. The summed E-state index contributed by atoms with van der Waals surface area (Å²) in [5, 5.41) is 3.07.